The van der Waals surface area contributed by atoms with Crippen LogP contribution in [0.4, 0.5) is 0 Å². The van der Waals surface area contributed by atoms with Crippen molar-refractivity contribution in [2.24, 2.45) is 5.73 Å². The van der Waals surface area contributed by atoms with E-state index >= 15 is 0 Å². The molecule has 0 aliphatic rings. The van der Waals surface area contributed by atoms with Gasteiger partial charge in [-0.25, -0.2) is 0 Å². The average molecular weight is 241 g/mol. The van der Waals surface area contributed by atoms with Crippen molar-refractivity contribution in [2.45, 2.75) is 19.4 Å². The largest absolute Gasteiger partial charge is 0.489 e. The van der Waals surface area contributed by atoms with Crippen LogP contribution >= 0.6 is 0 Å². The van der Waals surface area contributed by atoms with Gasteiger partial charge in [0.1, 0.15) is 12.4 Å². The summed E-state index contributed by atoms with van der Waals surface area (Å²) < 4.78 is 5.78. The lowest BCUT2D eigenvalue weighted by Gasteiger charge is -2.10. The molecule has 0 aromatic heterocycles. The third-order valence-electron chi connectivity index (χ3n) is 2.91. The molecule has 0 aliphatic carbocycles. The molecule has 0 saturated carbocycles. The summed E-state index contributed by atoms with van der Waals surface area (Å²) in [6.45, 7) is 1.35. The van der Waals surface area contributed by atoms with E-state index in [2.05, 4.69) is 24.3 Å². The lowest BCUT2D eigenvalue weighted by Crippen LogP contribution is -2.04. The zero-order chi connectivity index (χ0) is 12.6. The Labute approximate surface area is 108 Å². The van der Waals surface area contributed by atoms with E-state index in [1.807, 2.05) is 30.3 Å². The van der Waals surface area contributed by atoms with Crippen molar-refractivity contribution in [2.75, 3.05) is 6.54 Å². The zero-order valence-corrected chi connectivity index (χ0v) is 10.5. The van der Waals surface area contributed by atoms with Crippen LogP contribution in [-0.4, -0.2) is 6.54 Å². The van der Waals surface area contributed by atoms with E-state index in [9.17, 15) is 0 Å². The number of ether oxygens (including phenoxy) is 1. The van der Waals surface area contributed by atoms with Gasteiger partial charge in [-0.1, -0.05) is 42.5 Å². The maximum atomic E-state index is 5.78. The van der Waals surface area contributed by atoms with Crippen LogP contribution in [0.2, 0.25) is 0 Å². The van der Waals surface area contributed by atoms with Crippen molar-refractivity contribution < 1.29 is 4.74 Å². The first-order valence-electron chi connectivity index (χ1n) is 6.35. The van der Waals surface area contributed by atoms with Crippen LogP contribution in [0.3, 0.4) is 0 Å². The number of para-hydroxylation sites is 1. The van der Waals surface area contributed by atoms with Crippen LogP contribution in [0.15, 0.2) is 54.6 Å². The number of rotatable bonds is 6. The molecule has 2 rings (SSSR count). The highest BCUT2D eigenvalue weighted by molar-refractivity contribution is 5.28. The first-order valence-corrected chi connectivity index (χ1v) is 6.35. The number of hydrogen-bond donors (Lipinski definition) is 1. The molecule has 0 fully saturated rings. The highest BCUT2D eigenvalue weighted by Gasteiger charge is 2.02. The molecule has 2 heteroatoms. The minimum absolute atomic E-state index is 0.616. The highest BCUT2D eigenvalue weighted by atomic mass is 16.5. The van der Waals surface area contributed by atoms with Crippen LogP contribution < -0.4 is 10.5 Å². The Morgan fingerprint density at radius 3 is 2.22 bits per heavy atom. The minimum atomic E-state index is 0.616. The van der Waals surface area contributed by atoms with Crippen molar-refractivity contribution in [3.05, 3.63) is 65.7 Å². The van der Waals surface area contributed by atoms with Crippen molar-refractivity contribution in [3.8, 4) is 5.75 Å². The maximum absolute atomic E-state index is 5.78. The second-order valence-corrected chi connectivity index (χ2v) is 4.26. The van der Waals surface area contributed by atoms with Crippen LogP contribution in [-0.2, 0) is 13.0 Å². The number of aryl methyl sites for hydroxylation is 1. The molecular formula is C16H19NO. The summed E-state index contributed by atoms with van der Waals surface area (Å²) in [5, 5.41) is 0. The predicted molar refractivity (Wildman–Crippen MR) is 74.6 cm³/mol. The smallest absolute Gasteiger partial charge is 0.119 e. The molecule has 0 spiro atoms. The second-order valence-electron chi connectivity index (χ2n) is 4.26. The molecule has 94 valence electrons. The van der Waals surface area contributed by atoms with Gasteiger partial charge < -0.3 is 10.5 Å². The van der Waals surface area contributed by atoms with E-state index in [1.54, 1.807) is 0 Å². The molecule has 0 unspecified atom stereocenters. The molecule has 0 atom stereocenters. The monoisotopic (exact) mass is 241 g/mol. The van der Waals surface area contributed by atoms with Gasteiger partial charge in [0.15, 0.2) is 0 Å². The molecule has 2 N–H and O–H groups in total. The van der Waals surface area contributed by atoms with E-state index in [4.69, 9.17) is 10.5 Å². The summed E-state index contributed by atoms with van der Waals surface area (Å²) in [5.74, 6) is 0.908. The zero-order valence-electron chi connectivity index (χ0n) is 10.5. The summed E-state index contributed by atoms with van der Waals surface area (Å²) in [5.41, 5.74) is 8.14. The molecule has 0 radical (unpaired) electrons. The highest BCUT2D eigenvalue weighted by Crippen LogP contribution is 2.15. The summed E-state index contributed by atoms with van der Waals surface area (Å²) in [6, 6.07) is 18.3. The molecule has 2 aromatic carbocycles. The van der Waals surface area contributed by atoms with Gasteiger partial charge in [0.05, 0.1) is 0 Å². The quantitative estimate of drug-likeness (QED) is 0.843. The maximum Gasteiger partial charge on any atom is 0.119 e. The van der Waals surface area contributed by atoms with Gasteiger partial charge in [-0.15, -0.1) is 0 Å². The van der Waals surface area contributed by atoms with Gasteiger partial charge in [0, 0.05) is 0 Å². The lowest BCUT2D eigenvalue weighted by atomic mass is 10.0. The molecule has 0 aliphatic heterocycles. The Bertz CT molecular complexity index is 468. The average Bonchev–Trinajstić information content (AvgIpc) is 2.45. The Kier molecular flexibility index (Phi) is 4.79. The van der Waals surface area contributed by atoms with Gasteiger partial charge in [0.2, 0.25) is 0 Å². The third kappa shape index (κ3) is 3.60. The molecule has 0 amide bonds. The molecular weight excluding hydrogens is 222 g/mol. The molecule has 0 heterocycles. The Morgan fingerprint density at radius 1 is 0.833 bits per heavy atom. The molecule has 2 aromatic rings. The summed E-state index contributed by atoms with van der Waals surface area (Å²) >= 11 is 0. The predicted octanol–water partition coefficient (Wildman–Crippen LogP) is 3.16. The van der Waals surface area contributed by atoms with E-state index in [1.165, 1.54) is 11.1 Å². The first-order chi connectivity index (χ1) is 8.90. The topological polar surface area (TPSA) is 35.2 Å². The van der Waals surface area contributed by atoms with Crippen molar-refractivity contribution in [1.29, 1.82) is 0 Å². The van der Waals surface area contributed by atoms with Crippen LogP contribution in [0.1, 0.15) is 17.5 Å². The van der Waals surface area contributed by atoms with Gasteiger partial charge in [-0.2, -0.15) is 0 Å². The fourth-order valence-electron chi connectivity index (χ4n) is 1.91. The summed E-state index contributed by atoms with van der Waals surface area (Å²) in [6.07, 6.45) is 2.03. The number of nitrogens with two attached hydrogens (primary N) is 1. The number of hydrogen-bond acceptors (Lipinski definition) is 2. The second kappa shape index (κ2) is 6.82. The third-order valence-corrected chi connectivity index (χ3v) is 2.91. The van der Waals surface area contributed by atoms with E-state index in [-0.39, 0.29) is 0 Å². The van der Waals surface area contributed by atoms with E-state index in [0.717, 1.165) is 25.1 Å². The van der Waals surface area contributed by atoms with Crippen molar-refractivity contribution in [1.82, 2.24) is 0 Å². The van der Waals surface area contributed by atoms with Crippen LogP contribution in [0, 0.1) is 0 Å². The van der Waals surface area contributed by atoms with E-state index < -0.39 is 0 Å². The Balaban J connectivity index is 2.00. The lowest BCUT2D eigenvalue weighted by molar-refractivity contribution is 0.305. The summed E-state index contributed by atoms with van der Waals surface area (Å²) in [7, 11) is 0. The molecule has 0 saturated heterocycles. The normalized spacial score (nSPS) is 10.3. The van der Waals surface area contributed by atoms with Crippen LogP contribution in [0.5, 0.6) is 5.75 Å². The summed E-state index contributed by atoms with van der Waals surface area (Å²) in [4.78, 5) is 0. The molecule has 18 heavy (non-hydrogen) atoms. The van der Waals surface area contributed by atoms with E-state index in [0.29, 0.717) is 6.61 Å². The SMILES string of the molecule is NCCCc1ccccc1COc1ccccc1. The first kappa shape index (κ1) is 12.7. The Hall–Kier alpha value is -1.80. The van der Waals surface area contributed by atoms with Gasteiger partial charge in [-0.05, 0) is 42.6 Å². The van der Waals surface area contributed by atoms with Gasteiger partial charge in [-0.3, -0.25) is 0 Å². The fourth-order valence-corrected chi connectivity index (χ4v) is 1.91. The van der Waals surface area contributed by atoms with Crippen LogP contribution in [0.25, 0.3) is 0 Å². The minimum Gasteiger partial charge on any atom is -0.489 e. The van der Waals surface area contributed by atoms with Crippen molar-refractivity contribution >= 4 is 0 Å². The van der Waals surface area contributed by atoms with Crippen molar-refractivity contribution in [3.63, 3.8) is 0 Å². The van der Waals surface area contributed by atoms with Gasteiger partial charge >= 0.3 is 0 Å². The number of benzene rings is 2. The molecule has 2 nitrogen and oxygen atoms in total. The molecule has 0 bridgehead atoms. The fraction of sp³-hybridized carbons (Fsp3) is 0.250. The standard InChI is InChI=1S/C16H19NO/c17-12-6-9-14-7-4-5-8-15(14)13-18-16-10-2-1-3-11-16/h1-5,7-8,10-11H,6,9,12-13,17H2. The Morgan fingerprint density at radius 2 is 1.50 bits per heavy atom. The van der Waals surface area contributed by atoms with Gasteiger partial charge in [0.25, 0.3) is 0 Å².